The summed E-state index contributed by atoms with van der Waals surface area (Å²) in [5, 5.41) is 3.50. The van der Waals surface area contributed by atoms with Crippen LogP contribution < -0.4 is 5.32 Å². The molecule has 3 aromatic rings. The van der Waals surface area contributed by atoms with Gasteiger partial charge in [0, 0.05) is 34.9 Å². The minimum atomic E-state index is -0.229. The van der Waals surface area contributed by atoms with Crippen molar-refractivity contribution >= 4 is 29.1 Å². The van der Waals surface area contributed by atoms with Crippen molar-refractivity contribution in [1.82, 2.24) is 4.90 Å². The van der Waals surface area contributed by atoms with Gasteiger partial charge in [0.1, 0.15) is 0 Å². The molecule has 0 radical (unpaired) electrons. The monoisotopic (exact) mass is 432 g/mol. The number of hydrogen-bond donors (Lipinski definition) is 1. The maximum atomic E-state index is 13.1. The number of carbonyl (C=O) groups excluding carboxylic acids is 2. The number of hydrogen-bond acceptors (Lipinski definition) is 2. The Labute approximate surface area is 187 Å². The average Bonchev–Trinajstić information content (AvgIpc) is 2.81. The Bertz CT molecular complexity index is 1070. The molecule has 2 amide bonds. The van der Waals surface area contributed by atoms with Gasteiger partial charge in [0.25, 0.3) is 11.8 Å². The molecule has 0 spiro atoms. The lowest BCUT2D eigenvalue weighted by Gasteiger charge is -2.32. The third-order valence-electron chi connectivity index (χ3n) is 5.89. The van der Waals surface area contributed by atoms with E-state index in [9.17, 15) is 9.59 Å². The maximum Gasteiger partial charge on any atom is 0.255 e. The molecule has 0 aliphatic carbocycles. The van der Waals surface area contributed by atoms with Gasteiger partial charge in [0.05, 0.1) is 0 Å². The molecule has 3 aromatic carbocycles. The Morgan fingerprint density at radius 2 is 1.55 bits per heavy atom. The van der Waals surface area contributed by atoms with Crippen molar-refractivity contribution in [3.8, 4) is 0 Å². The van der Waals surface area contributed by atoms with Crippen LogP contribution in [-0.4, -0.2) is 29.8 Å². The molecule has 0 unspecified atom stereocenters. The molecule has 5 heteroatoms. The summed E-state index contributed by atoms with van der Waals surface area (Å²) in [5.74, 6) is 0.277. The maximum absolute atomic E-state index is 13.1. The van der Waals surface area contributed by atoms with Gasteiger partial charge in [-0.05, 0) is 73.2 Å². The molecule has 4 nitrogen and oxygen atoms in total. The van der Waals surface area contributed by atoms with Crippen molar-refractivity contribution in [2.24, 2.45) is 0 Å². The molecule has 0 aromatic heterocycles. The van der Waals surface area contributed by atoms with Crippen LogP contribution in [-0.2, 0) is 0 Å². The van der Waals surface area contributed by atoms with E-state index in [1.165, 1.54) is 5.56 Å². The largest absolute Gasteiger partial charge is 0.339 e. The van der Waals surface area contributed by atoms with Crippen molar-refractivity contribution in [1.29, 1.82) is 0 Å². The predicted molar refractivity (Wildman–Crippen MR) is 125 cm³/mol. The summed E-state index contributed by atoms with van der Waals surface area (Å²) in [6.07, 6.45) is 1.92. The number of nitrogens with one attached hydrogen (secondary N) is 1. The fraction of sp³-hybridized carbons (Fsp3) is 0.231. The zero-order chi connectivity index (χ0) is 21.8. The smallest absolute Gasteiger partial charge is 0.255 e. The number of carbonyl (C=O) groups is 2. The Balaban J connectivity index is 1.43. The highest BCUT2D eigenvalue weighted by atomic mass is 35.5. The number of aryl methyl sites for hydroxylation is 1. The van der Waals surface area contributed by atoms with Gasteiger partial charge in [-0.3, -0.25) is 9.59 Å². The summed E-state index contributed by atoms with van der Waals surface area (Å²) >= 11 is 5.90. The predicted octanol–water partition coefficient (Wildman–Crippen LogP) is 5.92. The van der Waals surface area contributed by atoms with Crippen LogP contribution in [0.2, 0.25) is 5.02 Å². The minimum absolute atomic E-state index is 0.00787. The molecule has 0 atom stereocenters. The average molecular weight is 433 g/mol. The first-order valence-corrected chi connectivity index (χ1v) is 10.9. The van der Waals surface area contributed by atoms with Crippen molar-refractivity contribution in [2.45, 2.75) is 25.7 Å². The molecule has 1 saturated heterocycles. The van der Waals surface area contributed by atoms with E-state index in [0.717, 1.165) is 31.5 Å². The number of amides is 2. The fourth-order valence-corrected chi connectivity index (χ4v) is 4.14. The van der Waals surface area contributed by atoms with Gasteiger partial charge in [-0.25, -0.2) is 0 Å². The van der Waals surface area contributed by atoms with E-state index in [0.29, 0.717) is 27.8 Å². The third-order valence-corrected chi connectivity index (χ3v) is 6.14. The fourth-order valence-electron chi connectivity index (χ4n) is 4.01. The number of halogens is 1. The first kappa shape index (κ1) is 21.1. The van der Waals surface area contributed by atoms with Crippen molar-refractivity contribution < 1.29 is 9.59 Å². The molecule has 1 fully saturated rings. The Kier molecular flexibility index (Phi) is 6.38. The number of rotatable bonds is 4. The molecule has 1 aliphatic heterocycles. The summed E-state index contributed by atoms with van der Waals surface area (Å²) in [7, 11) is 0. The molecule has 1 heterocycles. The number of nitrogens with zero attached hydrogens (tertiary/aromatic N) is 1. The van der Waals surface area contributed by atoms with Crippen LogP contribution in [0.5, 0.6) is 0 Å². The van der Waals surface area contributed by atoms with Crippen molar-refractivity contribution in [3.05, 3.63) is 100 Å². The summed E-state index contributed by atoms with van der Waals surface area (Å²) in [6.45, 7) is 3.38. The van der Waals surface area contributed by atoms with Gasteiger partial charge in [0.2, 0.25) is 0 Å². The van der Waals surface area contributed by atoms with Gasteiger partial charge in [-0.1, -0.05) is 48.0 Å². The molecular formula is C26H25ClN2O2. The van der Waals surface area contributed by atoms with Crippen LogP contribution in [0.3, 0.4) is 0 Å². The van der Waals surface area contributed by atoms with E-state index in [-0.39, 0.29) is 11.8 Å². The second-order valence-electron chi connectivity index (χ2n) is 7.97. The van der Waals surface area contributed by atoms with E-state index in [2.05, 4.69) is 29.6 Å². The summed E-state index contributed by atoms with van der Waals surface area (Å²) in [4.78, 5) is 27.6. The van der Waals surface area contributed by atoms with Gasteiger partial charge in [0.15, 0.2) is 0 Å². The van der Waals surface area contributed by atoms with Crippen LogP contribution >= 0.6 is 11.6 Å². The third kappa shape index (κ3) is 4.97. The molecule has 158 valence electrons. The van der Waals surface area contributed by atoms with E-state index in [4.69, 9.17) is 11.6 Å². The molecular weight excluding hydrogens is 408 g/mol. The number of benzene rings is 3. The second kappa shape index (κ2) is 9.36. The lowest BCUT2D eigenvalue weighted by atomic mass is 9.89. The van der Waals surface area contributed by atoms with E-state index >= 15 is 0 Å². The molecule has 1 N–H and O–H groups in total. The lowest BCUT2D eigenvalue weighted by molar-refractivity contribution is 0.0712. The second-order valence-corrected chi connectivity index (χ2v) is 8.40. The van der Waals surface area contributed by atoms with Crippen molar-refractivity contribution in [3.63, 3.8) is 0 Å². The first-order valence-electron chi connectivity index (χ1n) is 10.5. The van der Waals surface area contributed by atoms with E-state index in [1.54, 1.807) is 30.3 Å². The highest BCUT2D eigenvalue weighted by Gasteiger charge is 2.25. The Hall–Kier alpha value is -3.11. The topological polar surface area (TPSA) is 49.4 Å². The van der Waals surface area contributed by atoms with Crippen molar-refractivity contribution in [2.75, 3.05) is 18.4 Å². The first-order chi connectivity index (χ1) is 15.0. The number of anilines is 1. The molecule has 0 saturated carbocycles. The summed E-state index contributed by atoms with van der Waals surface area (Å²) in [5.41, 5.74) is 4.00. The Morgan fingerprint density at radius 1 is 0.903 bits per heavy atom. The van der Waals surface area contributed by atoms with E-state index in [1.807, 2.05) is 30.0 Å². The van der Waals surface area contributed by atoms with Gasteiger partial charge >= 0.3 is 0 Å². The zero-order valence-corrected chi connectivity index (χ0v) is 18.2. The molecule has 31 heavy (non-hydrogen) atoms. The highest BCUT2D eigenvalue weighted by molar-refractivity contribution is 6.30. The van der Waals surface area contributed by atoms with Gasteiger partial charge in [-0.2, -0.15) is 0 Å². The van der Waals surface area contributed by atoms with Crippen LogP contribution in [0.1, 0.15) is 50.6 Å². The lowest BCUT2D eigenvalue weighted by Crippen LogP contribution is -2.38. The van der Waals surface area contributed by atoms with Crippen LogP contribution in [0.15, 0.2) is 72.8 Å². The van der Waals surface area contributed by atoms with Gasteiger partial charge < -0.3 is 10.2 Å². The van der Waals surface area contributed by atoms with Crippen LogP contribution in [0.25, 0.3) is 0 Å². The van der Waals surface area contributed by atoms with Gasteiger partial charge in [-0.15, -0.1) is 0 Å². The molecule has 4 rings (SSSR count). The molecule has 1 aliphatic rings. The minimum Gasteiger partial charge on any atom is -0.339 e. The van der Waals surface area contributed by atoms with Crippen LogP contribution in [0, 0.1) is 6.92 Å². The normalized spacial score (nSPS) is 14.3. The summed E-state index contributed by atoms with van der Waals surface area (Å²) < 4.78 is 0. The SMILES string of the molecule is Cc1ccc(C(=O)N2CCC(c3ccccc3)CC2)cc1NC(=O)c1ccc(Cl)cc1. The number of piperidine rings is 1. The standard InChI is InChI=1S/C26H25ClN2O2/c1-18-7-8-22(17-24(18)28-25(30)21-9-11-23(27)12-10-21)26(31)29-15-13-20(14-16-29)19-5-3-2-4-6-19/h2-12,17,20H,13-16H2,1H3,(H,28,30). The van der Waals surface area contributed by atoms with Crippen LogP contribution in [0.4, 0.5) is 5.69 Å². The zero-order valence-electron chi connectivity index (χ0n) is 17.5. The summed E-state index contributed by atoms with van der Waals surface area (Å²) in [6, 6.07) is 22.7. The molecule has 0 bridgehead atoms. The number of likely N-dealkylation sites (tertiary alicyclic amines) is 1. The highest BCUT2D eigenvalue weighted by Crippen LogP contribution is 2.29. The Morgan fingerprint density at radius 3 is 2.23 bits per heavy atom. The van der Waals surface area contributed by atoms with E-state index < -0.39 is 0 Å². The quantitative estimate of drug-likeness (QED) is 0.556.